The van der Waals surface area contributed by atoms with Crippen LogP contribution in [0.3, 0.4) is 0 Å². The van der Waals surface area contributed by atoms with Crippen molar-refractivity contribution in [2.45, 2.75) is 13.2 Å². The summed E-state index contributed by atoms with van der Waals surface area (Å²) in [7, 11) is 0. The summed E-state index contributed by atoms with van der Waals surface area (Å²) in [5.74, 6) is 0. The van der Waals surface area contributed by atoms with E-state index < -0.39 is 11.2 Å². The molecule has 2 rings (SSSR count). The molecule has 2 aromatic rings. The van der Waals surface area contributed by atoms with Crippen molar-refractivity contribution >= 4 is 0 Å². The van der Waals surface area contributed by atoms with Gasteiger partial charge in [-0.05, 0) is 19.1 Å². The zero-order valence-corrected chi connectivity index (χ0v) is 10.1. The van der Waals surface area contributed by atoms with E-state index >= 15 is 0 Å². The standard InChI is InChI=1S/C7H7NO3.C7H8/c9-7(8(10)11)6-4-2-1-3-5-6;1-7-5-3-2-4-6-7/h1-5,7,9H;2-6H,1H3. The zero-order valence-electron chi connectivity index (χ0n) is 10.1. The highest BCUT2D eigenvalue weighted by atomic mass is 16.7. The number of nitrogens with zero attached hydrogens (tertiary/aromatic N) is 1. The molecule has 0 aliphatic rings. The number of aliphatic hydroxyl groups is 1. The van der Waals surface area contributed by atoms with Crippen LogP contribution >= 0.6 is 0 Å². The van der Waals surface area contributed by atoms with Gasteiger partial charge in [0.25, 0.3) is 0 Å². The Balaban J connectivity index is 0.000000199. The van der Waals surface area contributed by atoms with E-state index in [4.69, 9.17) is 5.11 Å². The van der Waals surface area contributed by atoms with Gasteiger partial charge in [-0.2, -0.15) is 0 Å². The van der Waals surface area contributed by atoms with Gasteiger partial charge in [-0.1, -0.05) is 54.1 Å². The van der Waals surface area contributed by atoms with Crippen LogP contribution in [0.15, 0.2) is 60.7 Å². The fourth-order valence-electron chi connectivity index (χ4n) is 1.28. The lowest BCUT2D eigenvalue weighted by Crippen LogP contribution is -2.08. The average Bonchev–Trinajstić information content (AvgIpc) is 2.40. The molecular weight excluding hydrogens is 230 g/mol. The summed E-state index contributed by atoms with van der Waals surface area (Å²) in [6, 6.07) is 18.3. The van der Waals surface area contributed by atoms with Gasteiger partial charge in [-0.15, -0.1) is 0 Å². The molecule has 0 heterocycles. The van der Waals surface area contributed by atoms with E-state index in [1.807, 2.05) is 18.2 Å². The Hall–Kier alpha value is -2.20. The van der Waals surface area contributed by atoms with Crippen LogP contribution in [-0.2, 0) is 0 Å². The van der Waals surface area contributed by atoms with Crippen LogP contribution in [0.1, 0.15) is 17.4 Å². The average molecular weight is 245 g/mol. The molecule has 0 fully saturated rings. The quantitative estimate of drug-likeness (QED) is 0.502. The van der Waals surface area contributed by atoms with Gasteiger partial charge in [-0.25, -0.2) is 0 Å². The van der Waals surface area contributed by atoms with E-state index in [2.05, 4.69) is 19.1 Å². The van der Waals surface area contributed by atoms with Crippen LogP contribution in [0.5, 0.6) is 0 Å². The summed E-state index contributed by atoms with van der Waals surface area (Å²) in [4.78, 5) is 9.31. The molecule has 0 spiro atoms. The topological polar surface area (TPSA) is 63.4 Å². The van der Waals surface area contributed by atoms with Crippen LogP contribution in [0.2, 0.25) is 0 Å². The fourth-order valence-corrected chi connectivity index (χ4v) is 1.28. The van der Waals surface area contributed by atoms with Crippen molar-refractivity contribution < 1.29 is 10.0 Å². The first-order valence-electron chi connectivity index (χ1n) is 5.49. The van der Waals surface area contributed by atoms with Gasteiger partial charge in [0.05, 0.1) is 10.5 Å². The van der Waals surface area contributed by atoms with Gasteiger partial charge >= 0.3 is 6.23 Å². The Morgan fingerprint density at radius 1 is 1.00 bits per heavy atom. The summed E-state index contributed by atoms with van der Waals surface area (Å²) in [5.41, 5.74) is 1.63. The summed E-state index contributed by atoms with van der Waals surface area (Å²) in [6.07, 6.45) is -1.60. The largest absolute Gasteiger partial charge is 0.339 e. The summed E-state index contributed by atoms with van der Waals surface area (Å²) >= 11 is 0. The van der Waals surface area contributed by atoms with Crippen LogP contribution in [-0.4, -0.2) is 10.0 Å². The van der Waals surface area contributed by atoms with E-state index in [1.54, 1.807) is 18.2 Å². The highest BCUT2D eigenvalue weighted by Crippen LogP contribution is 2.11. The number of rotatable bonds is 2. The van der Waals surface area contributed by atoms with Crippen LogP contribution in [0.4, 0.5) is 0 Å². The molecule has 94 valence electrons. The second-order valence-electron chi connectivity index (χ2n) is 3.72. The van der Waals surface area contributed by atoms with Gasteiger partial charge in [0.2, 0.25) is 0 Å². The third-order valence-electron chi connectivity index (χ3n) is 2.24. The van der Waals surface area contributed by atoms with Crippen molar-refractivity contribution in [3.8, 4) is 0 Å². The van der Waals surface area contributed by atoms with Gasteiger partial charge in [0.1, 0.15) is 0 Å². The van der Waals surface area contributed by atoms with E-state index in [1.165, 1.54) is 17.7 Å². The Morgan fingerprint density at radius 2 is 1.44 bits per heavy atom. The molecule has 1 N–H and O–H groups in total. The Kier molecular flexibility index (Phi) is 5.54. The van der Waals surface area contributed by atoms with E-state index in [9.17, 15) is 10.1 Å². The molecule has 2 aromatic carbocycles. The molecule has 0 saturated carbocycles. The summed E-state index contributed by atoms with van der Waals surface area (Å²) < 4.78 is 0. The predicted octanol–water partition coefficient (Wildman–Crippen LogP) is 2.95. The van der Waals surface area contributed by atoms with Crippen molar-refractivity contribution in [2.75, 3.05) is 0 Å². The molecule has 0 radical (unpaired) electrons. The maximum atomic E-state index is 10.1. The molecule has 0 amide bonds. The molecule has 0 saturated heterocycles. The molecule has 0 bridgehead atoms. The van der Waals surface area contributed by atoms with Gasteiger partial charge < -0.3 is 5.11 Å². The Labute approximate surface area is 106 Å². The minimum atomic E-state index is -1.60. The molecule has 1 unspecified atom stereocenters. The summed E-state index contributed by atoms with van der Waals surface area (Å²) in [5, 5.41) is 19.0. The molecule has 0 aliphatic carbocycles. The third kappa shape index (κ3) is 4.76. The second kappa shape index (κ2) is 7.19. The molecule has 18 heavy (non-hydrogen) atoms. The van der Waals surface area contributed by atoms with Gasteiger partial charge in [0.15, 0.2) is 0 Å². The predicted molar refractivity (Wildman–Crippen MR) is 69.6 cm³/mol. The maximum absolute atomic E-state index is 10.1. The van der Waals surface area contributed by atoms with Crippen LogP contribution in [0, 0.1) is 17.0 Å². The first kappa shape index (κ1) is 13.9. The molecule has 0 aliphatic heterocycles. The third-order valence-corrected chi connectivity index (χ3v) is 2.24. The normalized spacial score (nSPS) is 11.0. The smallest absolute Gasteiger partial charge is 0.329 e. The lowest BCUT2D eigenvalue weighted by Gasteiger charge is -2.00. The fraction of sp³-hybridized carbons (Fsp3) is 0.143. The minimum absolute atomic E-state index is 0.303. The molecular formula is C14H15NO3. The van der Waals surface area contributed by atoms with E-state index in [0.29, 0.717) is 5.56 Å². The number of nitro groups is 1. The second-order valence-corrected chi connectivity index (χ2v) is 3.72. The van der Waals surface area contributed by atoms with E-state index in [-0.39, 0.29) is 0 Å². The highest BCUT2D eigenvalue weighted by molar-refractivity contribution is 5.15. The van der Waals surface area contributed by atoms with Crippen molar-refractivity contribution in [3.63, 3.8) is 0 Å². The zero-order chi connectivity index (χ0) is 13.4. The van der Waals surface area contributed by atoms with E-state index in [0.717, 1.165) is 0 Å². The Morgan fingerprint density at radius 3 is 1.78 bits per heavy atom. The monoisotopic (exact) mass is 245 g/mol. The van der Waals surface area contributed by atoms with Crippen molar-refractivity contribution in [3.05, 3.63) is 81.9 Å². The molecule has 4 nitrogen and oxygen atoms in total. The number of aliphatic hydroxyl groups excluding tert-OH is 1. The minimum Gasteiger partial charge on any atom is -0.329 e. The van der Waals surface area contributed by atoms with Crippen molar-refractivity contribution in [1.29, 1.82) is 0 Å². The number of benzene rings is 2. The highest BCUT2D eigenvalue weighted by Gasteiger charge is 2.16. The lowest BCUT2D eigenvalue weighted by atomic mass is 10.2. The maximum Gasteiger partial charge on any atom is 0.339 e. The van der Waals surface area contributed by atoms with Crippen molar-refractivity contribution in [2.24, 2.45) is 0 Å². The van der Waals surface area contributed by atoms with Gasteiger partial charge in [-0.3, -0.25) is 10.1 Å². The van der Waals surface area contributed by atoms with Crippen LogP contribution < -0.4 is 0 Å². The first-order valence-corrected chi connectivity index (χ1v) is 5.49. The lowest BCUT2D eigenvalue weighted by molar-refractivity contribution is -0.578. The molecule has 1 atom stereocenters. The SMILES string of the molecule is Cc1ccccc1.O=[N+]([O-])C(O)c1ccccc1. The molecule has 0 aromatic heterocycles. The van der Waals surface area contributed by atoms with Crippen LogP contribution in [0.25, 0.3) is 0 Å². The first-order chi connectivity index (χ1) is 8.61. The van der Waals surface area contributed by atoms with Crippen molar-refractivity contribution in [1.82, 2.24) is 0 Å². The van der Waals surface area contributed by atoms with Gasteiger partial charge in [0, 0.05) is 0 Å². The number of aryl methyl sites for hydroxylation is 1. The summed E-state index contributed by atoms with van der Waals surface area (Å²) in [6.45, 7) is 2.08. The Bertz CT molecular complexity index is 471. The molecule has 4 heteroatoms. The number of hydrogen-bond acceptors (Lipinski definition) is 3. The number of hydrogen-bond donors (Lipinski definition) is 1.